The summed E-state index contributed by atoms with van der Waals surface area (Å²) in [7, 11) is 1.53. The molecule has 0 radical (unpaired) electrons. The van der Waals surface area contributed by atoms with Crippen molar-refractivity contribution in [3.63, 3.8) is 0 Å². The van der Waals surface area contributed by atoms with E-state index in [1.807, 2.05) is 13.8 Å². The van der Waals surface area contributed by atoms with Crippen molar-refractivity contribution < 1.29 is 9.13 Å². The highest BCUT2D eigenvalue weighted by Gasteiger charge is 2.20. The molecule has 2 aromatic heterocycles. The molecule has 0 fully saturated rings. The van der Waals surface area contributed by atoms with Gasteiger partial charge in [-0.1, -0.05) is 18.2 Å². The van der Waals surface area contributed by atoms with Gasteiger partial charge in [-0.2, -0.15) is 0 Å². The van der Waals surface area contributed by atoms with Crippen LogP contribution in [-0.2, 0) is 6.54 Å². The summed E-state index contributed by atoms with van der Waals surface area (Å²) in [4.78, 5) is 28.3. The van der Waals surface area contributed by atoms with Gasteiger partial charge in [-0.05, 0) is 49.2 Å². The number of rotatable bonds is 4. The van der Waals surface area contributed by atoms with Crippen molar-refractivity contribution in [1.29, 1.82) is 0 Å². The molecule has 0 saturated heterocycles. The second-order valence-electron chi connectivity index (χ2n) is 6.80. The van der Waals surface area contributed by atoms with E-state index in [1.165, 1.54) is 35.1 Å². The van der Waals surface area contributed by atoms with Crippen LogP contribution in [0.3, 0.4) is 0 Å². The van der Waals surface area contributed by atoms with Crippen molar-refractivity contribution in [1.82, 2.24) is 9.13 Å². The van der Waals surface area contributed by atoms with Crippen LogP contribution in [0.15, 0.2) is 58.1 Å². The number of hydrogen-bond acceptors (Lipinski definition) is 4. The van der Waals surface area contributed by atoms with E-state index in [4.69, 9.17) is 4.74 Å². The van der Waals surface area contributed by atoms with Crippen LogP contribution < -0.4 is 16.0 Å². The number of ether oxygens (including phenoxy) is 1. The van der Waals surface area contributed by atoms with Crippen LogP contribution in [0.1, 0.15) is 16.0 Å². The number of hydrogen-bond donors (Lipinski definition) is 0. The number of aromatic nitrogens is 2. The zero-order valence-electron chi connectivity index (χ0n) is 16.2. The first-order valence-corrected chi connectivity index (χ1v) is 9.86. The molecule has 4 rings (SSSR count). The Kier molecular flexibility index (Phi) is 4.84. The fraction of sp³-hybridized carbons (Fsp3) is 0.182. The molecule has 0 unspecified atom stereocenters. The summed E-state index contributed by atoms with van der Waals surface area (Å²) < 4.78 is 21.3. The lowest BCUT2D eigenvalue weighted by molar-refractivity contribution is 0.414. The van der Waals surface area contributed by atoms with Crippen LogP contribution in [0.5, 0.6) is 5.75 Å². The van der Waals surface area contributed by atoms with Gasteiger partial charge in [0.05, 0.1) is 24.7 Å². The molecule has 0 amide bonds. The maximum absolute atomic E-state index is 13.4. The van der Waals surface area contributed by atoms with E-state index in [-0.39, 0.29) is 17.9 Å². The predicted octanol–water partition coefficient (Wildman–Crippen LogP) is 4.03. The Morgan fingerprint density at radius 2 is 1.79 bits per heavy atom. The number of halogens is 1. The number of thiophene rings is 1. The minimum Gasteiger partial charge on any atom is -0.497 e. The summed E-state index contributed by atoms with van der Waals surface area (Å²) in [5.41, 5.74) is 1.28. The van der Waals surface area contributed by atoms with E-state index in [2.05, 4.69) is 0 Å². The first-order valence-electron chi connectivity index (χ1n) is 9.05. The van der Waals surface area contributed by atoms with Gasteiger partial charge in [0.1, 0.15) is 16.4 Å². The van der Waals surface area contributed by atoms with Gasteiger partial charge in [0.2, 0.25) is 0 Å². The highest BCUT2D eigenvalue weighted by molar-refractivity contribution is 7.18. The largest absolute Gasteiger partial charge is 0.497 e. The molecular weight excluding hydrogens is 391 g/mol. The summed E-state index contributed by atoms with van der Waals surface area (Å²) in [6, 6.07) is 12.9. The van der Waals surface area contributed by atoms with Gasteiger partial charge in [0, 0.05) is 10.9 Å². The fourth-order valence-corrected chi connectivity index (χ4v) is 4.49. The smallest absolute Gasteiger partial charge is 0.337 e. The maximum Gasteiger partial charge on any atom is 0.337 e. The molecule has 0 aliphatic carbocycles. The van der Waals surface area contributed by atoms with Crippen molar-refractivity contribution in [2.45, 2.75) is 20.4 Å². The second kappa shape index (κ2) is 7.33. The molecule has 0 N–H and O–H groups in total. The van der Waals surface area contributed by atoms with Crippen LogP contribution in [0.25, 0.3) is 15.9 Å². The normalized spacial score (nSPS) is 11.2. The first kappa shape index (κ1) is 19.1. The van der Waals surface area contributed by atoms with E-state index >= 15 is 0 Å². The monoisotopic (exact) mass is 410 g/mol. The number of benzene rings is 2. The Hall–Kier alpha value is -3.19. The van der Waals surface area contributed by atoms with Gasteiger partial charge in [0.25, 0.3) is 5.56 Å². The van der Waals surface area contributed by atoms with E-state index in [1.54, 1.807) is 41.0 Å². The lowest BCUT2D eigenvalue weighted by Gasteiger charge is -2.13. The number of fused-ring (bicyclic) bond motifs is 1. The molecule has 0 aliphatic heterocycles. The molecule has 148 valence electrons. The molecule has 0 spiro atoms. The molecule has 7 heteroatoms. The Bertz CT molecular complexity index is 1330. The van der Waals surface area contributed by atoms with Crippen LogP contribution in [0.4, 0.5) is 4.39 Å². The van der Waals surface area contributed by atoms with Gasteiger partial charge in [-0.25, -0.2) is 13.8 Å². The molecular formula is C22H19FN2O3S. The van der Waals surface area contributed by atoms with Gasteiger partial charge < -0.3 is 4.74 Å². The SMILES string of the molecule is COc1cccc(-n2c(=O)c3c(C)c(C)sc3n(Cc3ccc(F)cc3)c2=O)c1. The summed E-state index contributed by atoms with van der Waals surface area (Å²) >= 11 is 1.42. The average molecular weight is 410 g/mol. The molecule has 29 heavy (non-hydrogen) atoms. The third-order valence-electron chi connectivity index (χ3n) is 5.02. The minimum absolute atomic E-state index is 0.235. The Morgan fingerprint density at radius 3 is 2.48 bits per heavy atom. The van der Waals surface area contributed by atoms with Gasteiger partial charge in [-0.15, -0.1) is 11.3 Å². The van der Waals surface area contributed by atoms with E-state index in [0.717, 1.165) is 16.0 Å². The van der Waals surface area contributed by atoms with Crippen molar-refractivity contribution in [3.8, 4) is 11.4 Å². The van der Waals surface area contributed by atoms with Crippen molar-refractivity contribution in [2.75, 3.05) is 7.11 Å². The predicted molar refractivity (Wildman–Crippen MR) is 113 cm³/mol. The molecule has 4 aromatic rings. The lowest BCUT2D eigenvalue weighted by atomic mass is 10.2. The van der Waals surface area contributed by atoms with Crippen molar-refractivity contribution in [2.24, 2.45) is 0 Å². The highest BCUT2D eigenvalue weighted by Crippen LogP contribution is 2.28. The van der Waals surface area contributed by atoms with Gasteiger partial charge in [0.15, 0.2) is 0 Å². The zero-order valence-corrected chi connectivity index (χ0v) is 17.0. The third kappa shape index (κ3) is 3.27. The molecule has 0 bridgehead atoms. The van der Waals surface area contributed by atoms with Crippen LogP contribution in [-0.4, -0.2) is 16.2 Å². The topological polar surface area (TPSA) is 53.2 Å². The van der Waals surface area contributed by atoms with Crippen LogP contribution >= 0.6 is 11.3 Å². The summed E-state index contributed by atoms with van der Waals surface area (Å²) in [6.45, 7) is 4.06. The van der Waals surface area contributed by atoms with Crippen LogP contribution in [0, 0.1) is 19.7 Å². The molecule has 0 aliphatic rings. The van der Waals surface area contributed by atoms with E-state index < -0.39 is 5.69 Å². The molecule has 5 nitrogen and oxygen atoms in total. The van der Waals surface area contributed by atoms with Crippen molar-refractivity contribution >= 4 is 21.6 Å². The maximum atomic E-state index is 13.4. The van der Waals surface area contributed by atoms with Gasteiger partial charge >= 0.3 is 5.69 Å². The summed E-state index contributed by atoms with van der Waals surface area (Å²) in [6.07, 6.45) is 0. The number of nitrogens with zero attached hydrogens (tertiary/aromatic N) is 2. The second-order valence-corrected chi connectivity index (χ2v) is 8.00. The van der Waals surface area contributed by atoms with E-state index in [9.17, 15) is 14.0 Å². The average Bonchev–Trinajstić information content (AvgIpc) is 3.01. The van der Waals surface area contributed by atoms with E-state index in [0.29, 0.717) is 21.7 Å². The molecule has 0 atom stereocenters. The summed E-state index contributed by atoms with van der Waals surface area (Å²) in [5.74, 6) is 0.215. The molecule has 2 aromatic carbocycles. The van der Waals surface area contributed by atoms with Gasteiger partial charge in [-0.3, -0.25) is 9.36 Å². The number of aryl methyl sites for hydroxylation is 2. The minimum atomic E-state index is -0.443. The Morgan fingerprint density at radius 1 is 1.07 bits per heavy atom. The molecule has 0 saturated carbocycles. The Balaban J connectivity index is 2.04. The zero-order chi connectivity index (χ0) is 20.7. The number of methoxy groups -OCH3 is 1. The first-order chi connectivity index (χ1) is 13.9. The van der Waals surface area contributed by atoms with Crippen LogP contribution in [0.2, 0.25) is 0 Å². The molecule has 2 heterocycles. The fourth-order valence-electron chi connectivity index (χ4n) is 3.35. The quantitative estimate of drug-likeness (QED) is 0.511. The summed E-state index contributed by atoms with van der Waals surface area (Å²) in [5, 5.41) is 0.525. The lowest BCUT2D eigenvalue weighted by Crippen LogP contribution is -2.38. The van der Waals surface area contributed by atoms with Crippen molar-refractivity contribution in [3.05, 3.63) is 91.2 Å². The third-order valence-corrected chi connectivity index (χ3v) is 6.25. The highest BCUT2D eigenvalue weighted by atomic mass is 32.1. The Labute approximate surface area is 170 Å². The standard InChI is InChI=1S/C22H19FN2O3S/c1-13-14(2)29-21-19(13)20(26)25(17-5-4-6-18(11-17)28-3)22(27)24(21)12-15-7-9-16(23)10-8-15/h4-11H,12H2,1-3H3.